The molecule has 0 bridgehead atoms. The lowest BCUT2D eigenvalue weighted by atomic mass is 9.98. The lowest BCUT2D eigenvalue weighted by molar-refractivity contribution is 0.414. The molecule has 2 N–H and O–H groups in total. The van der Waals surface area contributed by atoms with E-state index in [4.69, 9.17) is 10.5 Å². The molecule has 17 heavy (non-hydrogen) atoms. The molecule has 1 fully saturated rings. The second kappa shape index (κ2) is 4.69. The summed E-state index contributed by atoms with van der Waals surface area (Å²) in [4.78, 5) is 0. The Bertz CT molecular complexity index is 369. The van der Waals surface area contributed by atoms with Gasteiger partial charge in [-0.1, -0.05) is 26.0 Å². The highest BCUT2D eigenvalue weighted by Crippen LogP contribution is 2.53. The van der Waals surface area contributed by atoms with Gasteiger partial charge in [-0.05, 0) is 48.3 Å². The summed E-state index contributed by atoms with van der Waals surface area (Å²) in [5.74, 6) is 1.64. The molecule has 2 nitrogen and oxygen atoms in total. The summed E-state index contributed by atoms with van der Waals surface area (Å²) in [5.41, 5.74) is 8.07. The quantitative estimate of drug-likeness (QED) is 0.848. The van der Waals surface area contributed by atoms with Crippen LogP contribution in [0.5, 0.6) is 5.75 Å². The minimum atomic E-state index is 0.354. The van der Waals surface area contributed by atoms with Gasteiger partial charge < -0.3 is 10.5 Å². The highest BCUT2D eigenvalue weighted by molar-refractivity contribution is 5.27. The number of benzene rings is 1. The average molecular weight is 233 g/mol. The normalized spacial score (nSPS) is 23.2. The van der Waals surface area contributed by atoms with Gasteiger partial charge in [0.2, 0.25) is 0 Å². The van der Waals surface area contributed by atoms with E-state index in [1.165, 1.54) is 12.0 Å². The highest BCUT2D eigenvalue weighted by Gasteiger charge is 2.48. The number of aryl methyl sites for hydroxylation is 1. The number of methoxy groups -OCH3 is 1. The second-order valence-electron chi connectivity index (χ2n) is 5.85. The van der Waals surface area contributed by atoms with Crippen LogP contribution in [0.25, 0.3) is 0 Å². The van der Waals surface area contributed by atoms with Crippen molar-refractivity contribution in [1.29, 1.82) is 0 Å². The van der Waals surface area contributed by atoms with Gasteiger partial charge in [0.05, 0.1) is 7.11 Å². The first-order valence-corrected chi connectivity index (χ1v) is 6.41. The van der Waals surface area contributed by atoms with Gasteiger partial charge in [-0.3, -0.25) is 0 Å². The van der Waals surface area contributed by atoms with Crippen LogP contribution in [0.2, 0.25) is 0 Å². The molecule has 0 saturated heterocycles. The van der Waals surface area contributed by atoms with E-state index in [0.29, 0.717) is 11.5 Å². The summed E-state index contributed by atoms with van der Waals surface area (Å²) in [6.07, 6.45) is 3.44. The van der Waals surface area contributed by atoms with Gasteiger partial charge >= 0.3 is 0 Å². The fraction of sp³-hybridized carbons (Fsp3) is 0.600. The number of rotatable bonds is 5. The molecular formula is C15H23NO. The van der Waals surface area contributed by atoms with Crippen LogP contribution in [0.3, 0.4) is 0 Å². The van der Waals surface area contributed by atoms with Gasteiger partial charge in [-0.25, -0.2) is 0 Å². The third-order valence-electron chi connectivity index (χ3n) is 4.03. The smallest absolute Gasteiger partial charge is 0.118 e. The third kappa shape index (κ3) is 3.01. The summed E-state index contributed by atoms with van der Waals surface area (Å²) >= 11 is 0. The van der Waals surface area contributed by atoms with E-state index in [1.54, 1.807) is 7.11 Å². The fourth-order valence-electron chi connectivity index (χ4n) is 2.57. The predicted octanol–water partition coefficient (Wildman–Crippen LogP) is 3.00. The molecule has 1 aromatic carbocycles. The molecule has 94 valence electrons. The summed E-state index contributed by atoms with van der Waals surface area (Å²) in [5, 5.41) is 0. The first-order valence-electron chi connectivity index (χ1n) is 6.41. The number of hydrogen-bond acceptors (Lipinski definition) is 2. The van der Waals surface area contributed by atoms with Crippen molar-refractivity contribution in [3.63, 3.8) is 0 Å². The van der Waals surface area contributed by atoms with Crippen molar-refractivity contribution in [2.45, 2.75) is 39.2 Å². The number of hydrogen-bond donors (Lipinski definition) is 1. The van der Waals surface area contributed by atoms with Gasteiger partial charge in [-0.15, -0.1) is 0 Å². The molecule has 0 spiro atoms. The van der Waals surface area contributed by atoms with Crippen LogP contribution < -0.4 is 10.5 Å². The molecule has 2 atom stereocenters. The molecule has 0 radical (unpaired) electrons. The van der Waals surface area contributed by atoms with Crippen LogP contribution in [0.1, 0.15) is 32.3 Å². The van der Waals surface area contributed by atoms with E-state index in [0.717, 1.165) is 24.5 Å². The van der Waals surface area contributed by atoms with E-state index in [9.17, 15) is 0 Å². The van der Waals surface area contributed by atoms with Crippen LogP contribution in [0.4, 0.5) is 0 Å². The maximum Gasteiger partial charge on any atom is 0.118 e. The molecule has 2 unspecified atom stereocenters. The Labute approximate surface area is 104 Å². The molecule has 2 rings (SSSR count). The molecule has 1 saturated carbocycles. The zero-order valence-electron chi connectivity index (χ0n) is 11.1. The van der Waals surface area contributed by atoms with E-state index >= 15 is 0 Å². The Balaban J connectivity index is 1.81. The van der Waals surface area contributed by atoms with Crippen molar-refractivity contribution in [3.8, 4) is 5.75 Å². The van der Waals surface area contributed by atoms with Crippen LogP contribution in [0.15, 0.2) is 24.3 Å². The monoisotopic (exact) mass is 233 g/mol. The van der Waals surface area contributed by atoms with Crippen LogP contribution in [-0.4, -0.2) is 13.2 Å². The van der Waals surface area contributed by atoms with Crippen LogP contribution >= 0.6 is 0 Å². The van der Waals surface area contributed by atoms with Gasteiger partial charge in [0.25, 0.3) is 0 Å². The average Bonchev–Trinajstić information content (AvgIpc) is 2.96. The largest absolute Gasteiger partial charge is 0.497 e. The molecule has 0 amide bonds. The van der Waals surface area contributed by atoms with Crippen molar-refractivity contribution in [2.75, 3.05) is 7.11 Å². The SMILES string of the molecule is COc1ccc(CCC(N)C2CC2(C)C)cc1. The van der Waals surface area contributed by atoms with E-state index in [1.807, 2.05) is 12.1 Å². The lowest BCUT2D eigenvalue weighted by Gasteiger charge is -2.13. The first-order chi connectivity index (χ1) is 8.03. The third-order valence-corrected chi connectivity index (χ3v) is 4.03. The van der Waals surface area contributed by atoms with Gasteiger partial charge in [0.1, 0.15) is 5.75 Å². The Morgan fingerprint density at radius 2 is 1.94 bits per heavy atom. The maximum absolute atomic E-state index is 6.23. The molecule has 1 aromatic rings. The lowest BCUT2D eigenvalue weighted by Crippen LogP contribution is -2.25. The van der Waals surface area contributed by atoms with Crippen molar-refractivity contribution >= 4 is 0 Å². The molecule has 0 aromatic heterocycles. The van der Waals surface area contributed by atoms with Gasteiger partial charge in [-0.2, -0.15) is 0 Å². The summed E-state index contributed by atoms with van der Waals surface area (Å²) < 4.78 is 5.15. The molecule has 1 aliphatic carbocycles. The minimum Gasteiger partial charge on any atom is -0.497 e. The second-order valence-corrected chi connectivity index (χ2v) is 5.85. The molecule has 2 heteroatoms. The van der Waals surface area contributed by atoms with Crippen LogP contribution in [-0.2, 0) is 6.42 Å². The molecular weight excluding hydrogens is 210 g/mol. The molecule has 1 aliphatic rings. The summed E-state index contributed by atoms with van der Waals surface area (Å²) in [7, 11) is 1.69. The zero-order valence-corrected chi connectivity index (χ0v) is 11.1. The zero-order chi connectivity index (χ0) is 12.5. The van der Waals surface area contributed by atoms with E-state index < -0.39 is 0 Å². The van der Waals surface area contributed by atoms with Crippen molar-refractivity contribution in [1.82, 2.24) is 0 Å². The predicted molar refractivity (Wildman–Crippen MR) is 71.2 cm³/mol. The number of nitrogens with two attached hydrogens (primary N) is 1. The summed E-state index contributed by atoms with van der Waals surface area (Å²) in [6, 6.07) is 8.64. The Kier molecular flexibility index (Phi) is 3.43. The first kappa shape index (κ1) is 12.4. The standard InChI is InChI=1S/C15H23NO/c1-15(2)10-13(15)14(16)9-6-11-4-7-12(17-3)8-5-11/h4-5,7-8,13-14H,6,9-10,16H2,1-3H3. The fourth-order valence-corrected chi connectivity index (χ4v) is 2.57. The van der Waals surface area contributed by atoms with Crippen molar-refractivity contribution < 1.29 is 4.74 Å². The van der Waals surface area contributed by atoms with E-state index in [-0.39, 0.29) is 0 Å². The molecule has 0 heterocycles. The van der Waals surface area contributed by atoms with Crippen molar-refractivity contribution in [3.05, 3.63) is 29.8 Å². The van der Waals surface area contributed by atoms with Crippen molar-refractivity contribution in [2.24, 2.45) is 17.1 Å². The Morgan fingerprint density at radius 3 is 2.41 bits per heavy atom. The number of ether oxygens (including phenoxy) is 1. The van der Waals surface area contributed by atoms with Gasteiger partial charge in [0, 0.05) is 6.04 Å². The van der Waals surface area contributed by atoms with Crippen LogP contribution in [0, 0.1) is 11.3 Å². The Morgan fingerprint density at radius 1 is 1.35 bits per heavy atom. The highest BCUT2D eigenvalue weighted by atomic mass is 16.5. The molecule has 0 aliphatic heterocycles. The minimum absolute atomic E-state index is 0.354. The van der Waals surface area contributed by atoms with Gasteiger partial charge in [0.15, 0.2) is 0 Å². The van der Waals surface area contributed by atoms with E-state index in [2.05, 4.69) is 26.0 Å². The topological polar surface area (TPSA) is 35.2 Å². The maximum atomic E-state index is 6.23. The Hall–Kier alpha value is -1.02. The summed E-state index contributed by atoms with van der Waals surface area (Å²) in [6.45, 7) is 4.62.